The Hall–Kier alpha value is -8.93. The second-order valence-corrected chi connectivity index (χ2v) is 36.1. The van der Waals surface area contributed by atoms with Crippen LogP contribution in [0.5, 0.6) is 0 Å². The molecule has 0 spiro atoms. The van der Waals surface area contributed by atoms with E-state index in [1.54, 1.807) is 24.3 Å². The van der Waals surface area contributed by atoms with Crippen molar-refractivity contribution in [3.8, 4) is 4.90 Å². The summed E-state index contributed by atoms with van der Waals surface area (Å²) in [6.07, 6.45) is 11.1. The normalized spacial score (nSPS) is 10.5. The summed E-state index contributed by atoms with van der Waals surface area (Å²) >= 11 is 6.19. The molecule has 0 saturated heterocycles. The number of halogens is 7. The zero-order chi connectivity index (χ0) is 84.6. The van der Waals surface area contributed by atoms with Gasteiger partial charge in [-0.05, 0) is 234 Å². The molecule has 12 aromatic carbocycles. The lowest BCUT2D eigenvalue weighted by Crippen LogP contribution is -2.50. The smallest absolute Gasteiger partial charge is 0.187 e. The fourth-order valence-electron chi connectivity index (χ4n) is 11.6. The number of hydrogen-bond acceptors (Lipinski definition) is 10. The Morgan fingerprint density at radius 2 is 0.678 bits per heavy atom. The van der Waals surface area contributed by atoms with Gasteiger partial charge in [0.1, 0.15) is 5.69 Å². The Balaban J connectivity index is 0.000000288. The maximum absolute atomic E-state index is 12.7. The summed E-state index contributed by atoms with van der Waals surface area (Å²) < 4.78 is 57.5. The predicted octanol–water partition coefficient (Wildman–Crippen LogP) is 22.2. The number of aromatic carboxylic acids is 3. The van der Waals surface area contributed by atoms with Gasteiger partial charge in [0.2, 0.25) is 0 Å². The van der Waals surface area contributed by atoms with Gasteiger partial charge >= 0.3 is 0 Å². The molecule has 0 aliphatic rings. The first kappa shape index (κ1) is 101. The number of aliphatic hydroxyl groups is 1. The number of carbonyl (C=O) groups is 4. The summed E-state index contributed by atoms with van der Waals surface area (Å²) in [5.74, 6) is -14.1. The summed E-state index contributed by atoms with van der Waals surface area (Å²) in [6, 6.07) is 104. The Labute approximate surface area is 743 Å². The van der Waals surface area contributed by atoms with Crippen molar-refractivity contribution in [3.05, 3.63) is 354 Å². The van der Waals surface area contributed by atoms with E-state index >= 15 is 0 Å². The maximum Gasteiger partial charge on any atom is 0.187 e. The molecule has 11 nitrogen and oxygen atoms in total. The van der Waals surface area contributed by atoms with E-state index in [9.17, 15) is 57.2 Å². The number of rotatable bonds is 23. The number of benzene rings is 12. The minimum Gasteiger partial charge on any atom is -0.547 e. The molecule has 21 heteroatoms. The van der Waals surface area contributed by atoms with E-state index in [4.69, 9.17) is 5.11 Å². The number of quaternary nitrogens is 1. The summed E-state index contributed by atoms with van der Waals surface area (Å²) in [5.41, 5.74) is 0.182. The number of anilines is 1. The molecule has 0 aliphatic heterocycles. The van der Waals surface area contributed by atoms with E-state index in [0.717, 1.165) is 24.6 Å². The van der Waals surface area contributed by atoms with Gasteiger partial charge in [-0.1, -0.05) is 250 Å². The van der Waals surface area contributed by atoms with Crippen molar-refractivity contribution in [1.82, 2.24) is 0 Å². The molecule has 118 heavy (non-hydrogen) atoms. The Morgan fingerprint density at radius 1 is 0.407 bits per heavy atom. The second-order valence-electron chi connectivity index (χ2n) is 26.6. The van der Waals surface area contributed by atoms with Crippen molar-refractivity contribution in [3.63, 3.8) is 0 Å². The first-order valence-corrected chi connectivity index (χ1v) is 44.7. The van der Waals surface area contributed by atoms with Crippen molar-refractivity contribution in [2.24, 2.45) is 0 Å². The molecule has 13 rings (SSSR count). The van der Waals surface area contributed by atoms with Gasteiger partial charge in [0.15, 0.2) is 66.9 Å². The second kappa shape index (κ2) is 53.6. The lowest BCUT2D eigenvalue weighted by Gasteiger charge is -2.39. The van der Waals surface area contributed by atoms with Crippen LogP contribution in [0.1, 0.15) is 139 Å². The van der Waals surface area contributed by atoms with Gasteiger partial charge in [-0.25, -0.2) is 17.6 Å². The standard InChI is InChI=1S/C18H13S.2C18H15S.C16H36N.C7H3F4NO2.C7H3I3O2.C7H6O2.C4H8O3.2CH4/c1-2-8-14(9-3-1)19-17-12-6-4-10-15(17)16-11-5-7-13-18(16)19;2*1-4-10-16(11-5-1)19(17-12-6-2-7-13-17)18-14-8-3-9-15-18;1-5-9-13-17(14-10-6-2,15-11-7-3)16-12-8-4;8-2-1(7(13)14)3(9)5(11)6(12)4(2)10;8-3-1-4(7(11)12)6(10)5(9)2-3;8-7(9)6-4-2-1-3-5-6;1-4(2,7)3(5)6;;/h1-13H;2*1-15H;5-16H2,1-4H3;12H2,(H,13,14);1-2H,(H,11,12);1-5H,(H,8,9);7H,1-2H3,(H,5,6);2*1H4/q4*+1;;;;;;/p-4. The van der Waals surface area contributed by atoms with Gasteiger partial charge in [0.05, 0.1) is 83.0 Å². The number of fused-ring (bicyclic) bond motifs is 3. The molecule has 0 saturated carbocycles. The van der Waals surface area contributed by atoms with Crippen LogP contribution in [-0.2, 0) is 26.6 Å². The molecule has 13 aromatic rings. The minimum absolute atomic E-state index is 0. The average Bonchev–Trinajstić information content (AvgIpc) is 1.59. The number of carboxylic acids is 4. The number of unbranched alkanes of at least 4 members (excludes halogenated alkanes) is 4. The highest BCUT2D eigenvalue weighted by molar-refractivity contribution is 14.1. The molecule has 0 aliphatic carbocycles. The molecule has 1 aromatic heterocycles. The van der Waals surface area contributed by atoms with Gasteiger partial charge in [0.25, 0.3) is 0 Å². The first-order valence-electron chi connectivity index (χ1n) is 37.7. The van der Waals surface area contributed by atoms with Gasteiger partial charge < -0.3 is 54.9 Å². The van der Waals surface area contributed by atoms with Gasteiger partial charge in [-0.2, -0.15) is 0 Å². The van der Waals surface area contributed by atoms with Crippen LogP contribution in [0.4, 0.5) is 23.2 Å². The molecule has 0 bridgehead atoms. The predicted molar refractivity (Wildman–Crippen MR) is 497 cm³/mol. The molecular weight excluding hydrogens is 1890 g/mol. The highest BCUT2D eigenvalue weighted by atomic mass is 127. The summed E-state index contributed by atoms with van der Waals surface area (Å²) in [5, 5.41) is 51.7. The lowest BCUT2D eigenvalue weighted by atomic mass is 10.1. The molecule has 0 unspecified atom stereocenters. The van der Waals surface area contributed by atoms with Crippen molar-refractivity contribution in [2.75, 3.05) is 31.9 Å². The number of hydrogen-bond donors (Lipinski definition) is 2. The Morgan fingerprint density at radius 3 is 0.932 bits per heavy atom. The van der Waals surface area contributed by atoms with Gasteiger partial charge in [-0.3, -0.25) is 0 Å². The third kappa shape index (κ3) is 31.7. The van der Waals surface area contributed by atoms with E-state index in [1.807, 2.05) is 28.7 Å². The number of carboxylic acid groups (broad SMARTS) is 4. The molecule has 0 atom stereocenters. The van der Waals surface area contributed by atoms with E-state index < -0.39 is 64.0 Å². The van der Waals surface area contributed by atoms with Crippen molar-refractivity contribution in [2.45, 2.75) is 143 Å². The van der Waals surface area contributed by atoms with E-state index in [2.05, 4.69) is 339 Å². The summed E-state index contributed by atoms with van der Waals surface area (Å²) in [4.78, 5) is 50.0. The quantitative estimate of drug-likeness (QED) is 0.0155. The highest BCUT2D eigenvalue weighted by Crippen LogP contribution is 2.48. The van der Waals surface area contributed by atoms with Crippen LogP contribution in [0.3, 0.4) is 0 Å². The highest BCUT2D eigenvalue weighted by Gasteiger charge is 2.31. The fourth-order valence-corrected chi connectivity index (χ4v) is 20.6. The van der Waals surface area contributed by atoms with Crippen LogP contribution in [0, 0.1) is 34.0 Å². The molecule has 0 radical (unpaired) electrons. The number of aliphatic carboxylic acids is 1. The minimum atomic E-state index is -2.36. The van der Waals surface area contributed by atoms with Crippen molar-refractivity contribution in [1.29, 1.82) is 0 Å². The van der Waals surface area contributed by atoms with Crippen LogP contribution < -0.4 is 26.2 Å². The number of thiophene rings is 1. The lowest BCUT2D eigenvalue weighted by molar-refractivity contribution is -0.929. The first-order chi connectivity index (χ1) is 55.7. The largest absolute Gasteiger partial charge is 0.547 e. The van der Waals surface area contributed by atoms with E-state index in [1.165, 1.54) is 149 Å². The fraction of sp³-hybridized carbons (Fsp3) is 0.216. The SMILES string of the molecule is C.C.CC(C)(O)C(=O)[O-].CCCC[N+](CCCC)(CCCC)CCCC.Nc1c(F)c(F)c(C(=O)[O-])c(F)c1F.O=C([O-])c1cc(I)cc(I)c1I.O=C([O-])c1ccccc1.c1ccc(-[s+]2c3ccccc3c3ccccc32)cc1.c1ccc([S+](c2ccccc2)c2ccccc2)cc1.c1ccc([S+](c2ccccc2)c2ccccc2)cc1. The molecule has 0 amide bonds. The van der Waals surface area contributed by atoms with Crippen LogP contribution >= 0.6 is 78.2 Å². The number of nitrogen functional groups attached to an aromatic ring is 1. The number of carbonyl (C=O) groups excluding carboxylic acids is 4. The number of nitrogens with zero attached hydrogens (tertiary/aromatic N) is 1. The maximum atomic E-state index is 12.7. The monoisotopic (exact) mass is 1990 g/mol. The Kier molecular flexibility index (Phi) is 46.0. The van der Waals surface area contributed by atoms with Crippen molar-refractivity contribution < 1.29 is 66.8 Å². The van der Waals surface area contributed by atoms with Gasteiger partial charge in [0, 0.05) is 37.5 Å². The zero-order valence-electron chi connectivity index (χ0n) is 65.5. The van der Waals surface area contributed by atoms with Gasteiger partial charge in [-0.15, -0.1) is 0 Å². The van der Waals surface area contributed by atoms with Crippen LogP contribution in [-0.4, -0.2) is 65.2 Å². The molecular formula is C97H103F4I3N2O9S3. The molecule has 3 N–H and O–H groups in total. The zero-order valence-corrected chi connectivity index (χ0v) is 74.4. The Bertz CT molecular complexity index is 4700. The van der Waals surface area contributed by atoms with Crippen LogP contribution in [0.2, 0.25) is 0 Å². The topological polar surface area (TPSA) is 207 Å². The van der Waals surface area contributed by atoms with E-state index in [0.29, 0.717) is 0 Å². The molecule has 1 heterocycles. The van der Waals surface area contributed by atoms with Crippen LogP contribution in [0.25, 0.3) is 25.1 Å². The van der Waals surface area contributed by atoms with Crippen molar-refractivity contribution >= 4 is 150 Å². The number of nitrogens with two attached hydrogens (primary N) is 1. The average molecular weight is 1990 g/mol. The molecule has 0 fully saturated rings. The van der Waals surface area contributed by atoms with E-state index in [-0.39, 0.29) is 58.2 Å². The molecule has 622 valence electrons. The summed E-state index contributed by atoms with van der Waals surface area (Å²) in [7, 11) is 0.0302. The third-order valence-electron chi connectivity index (χ3n) is 17.5. The third-order valence-corrected chi connectivity index (χ3v) is 28.0. The van der Waals surface area contributed by atoms with Crippen LogP contribution in [0.15, 0.2) is 333 Å². The summed E-state index contributed by atoms with van der Waals surface area (Å²) in [6.45, 7) is 17.3.